The molecule has 0 radical (unpaired) electrons. The molecule has 2 heterocycles. The van der Waals surface area contributed by atoms with E-state index in [1.165, 1.54) is 94.9 Å². The highest BCUT2D eigenvalue weighted by atomic mass is 32.1. The highest BCUT2D eigenvalue weighted by Gasteiger charge is 2.17. The molecule has 0 N–H and O–H groups in total. The van der Waals surface area contributed by atoms with Crippen molar-refractivity contribution in [2.24, 2.45) is 0 Å². The van der Waals surface area contributed by atoms with Gasteiger partial charge in [0, 0.05) is 57.4 Å². The predicted octanol–water partition coefficient (Wildman–Crippen LogP) is 16.7. The van der Waals surface area contributed by atoms with Gasteiger partial charge >= 0.3 is 0 Å². The van der Waals surface area contributed by atoms with Crippen LogP contribution in [0.3, 0.4) is 0 Å². The van der Waals surface area contributed by atoms with Crippen molar-refractivity contribution in [3.63, 3.8) is 0 Å². The smallest absolute Gasteiger partial charge is 0.0468 e. The van der Waals surface area contributed by atoms with Crippen LogP contribution in [-0.4, -0.2) is 0 Å². The lowest BCUT2D eigenvalue weighted by Crippen LogP contribution is -2.10. The maximum Gasteiger partial charge on any atom is 0.0468 e. The minimum atomic E-state index is 1.12. The average molecular weight is 760 g/mol. The fourth-order valence-corrected chi connectivity index (χ4v) is 11.3. The second-order valence-electron chi connectivity index (χ2n) is 14.8. The molecule has 0 atom stereocenters. The molecule has 0 aliphatic heterocycles. The lowest BCUT2D eigenvalue weighted by molar-refractivity contribution is 1.29. The Morgan fingerprint density at radius 1 is 0.263 bits per heavy atom. The number of hydrogen-bond acceptors (Lipinski definition) is 3. The second kappa shape index (κ2) is 12.9. The average Bonchev–Trinajstić information content (AvgIpc) is 3.85. The molecule has 12 rings (SSSR count). The van der Waals surface area contributed by atoms with Crippen LogP contribution in [0.1, 0.15) is 0 Å². The quantitative estimate of drug-likeness (QED) is 0.158. The summed E-state index contributed by atoms with van der Waals surface area (Å²) in [5.74, 6) is 0. The first-order valence-electron chi connectivity index (χ1n) is 19.4. The monoisotopic (exact) mass is 759 g/mol. The van der Waals surface area contributed by atoms with Crippen LogP contribution in [-0.2, 0) is 0 Å². The zero-order chi connectivity index (χ0) is 37.5. The number of anilines is 3. The summed E-state index contributed by atoms with van der Waals surface area (Å²) in [5, 5.41) is 12.9. The minimum absolute atomic E-state index is 1.12. The Bertz CT molecular complexity index is 3480. The maximum absolute atomic E-state index is 2.41. The number of thiophene rings is 2. The Kier molecular flexibility index (Phi) is 7.34. The first-order valence-corrected chi connectivity index (χ1v) is 21.0. The maximum atomic E-state index is 2.41. The van der Waals surface area contributed by atoms with Gasteiger partial charge in [0.05, 0.1) is 0 Å². The van der Waals surface area contributed by atoms with Gasteiger partial charge in [-0.25, -0.2) is 0 Å². The Morgan fingerprint density at radius 2 is 0.737 bits per heavy atom. The molecule has 2 aromatic heterocycles. The number of benzene rings is 10. The van der Waals surface area contributed by atoms with Gasteiger partial charge in [0.25, 0.3) is 0 Å². The fourth-order valence-electron chi connectivity index (χ4n) is 8.96. The number of rotatable bonds is 5. The molecule has 0 aliphatic rings. The number of fused-ring (bicyclic) bond motifs is 12. The summed E-state index contributed by atoms with van der Waals surface area (Å²) in [6.45, 7) is 0. The molecular weight excluding hydrogens is 727 g/mol. The molecule has 3 heteroatoms. The molecule has 10 aromatic carbocycles. The van der Waals surface area contributed by atoms with Crippen molar-refractivity contribution in [1.29, 1.82) is 0 Å². The molecule has 0 amide bonds. The van der Waals surface area contributed by atoms with Crippen LogP contribution in [0.4, 0.5) is 17.1 Å². The molecule has 0 bridgehead atoms. The van der Waals surface area contributed by atoms with Gasteiger partial charge < -0.3 is 4.90 Å². The van der Waals surface area contributed by atoms with E-state index in [-0.39, 0.29) is 0 Å². The molecule has 12 aromatic rings. The van der Waals surface area contributed by atoms with Crippen molar-refractivity contribution in [2.45, 2.75) is 0 Å². The van der Waals surface area contributed by atoms with E-state index in [0.717, 1.165) is 17.1 Å². The van der Waals surface area contributed by atoms with Crippen LogP contribution in [0.5, 0.6) is 0 Å². The Morgan fingerprint density at radius 3 is 1.40 bits per heavy atom. The van der Waals surface area contributed by atoms with Crippen molar-refractivity contribution in [2.75, 3.05) is 4.90 Å². The zero-order valence-corrected chi connectivity index (χ0v) is 32.4. The van der Waals surface area contributed by atoms with E-state index in [1.807, 2.05) is 22.7 Å². The van der Waals surface area contributed by atoms with Gasteiger partial charge in [0.15, 0.2) is 0 Å². The molecule has 0 saturated heterocycles. The van der Waals surface area contributed by atoms with Gasteiger partial charge in [0.2, 0.25) is 0 Å². The van der Waals surface area contributed by atoms with Crippen LogP contribution in [0.2, 0.25) is 0 Å². The normalized spacial score (nSPS) is 11.9. The molecule has 1 nitrogen and oxygen atoms in total. The van der Waals surface area contributed by atoms with E-state index in [1.54, 1.807) is 0 Å². The first kappa shape index (κ1) is 32.5. The van der Waals surface area contributed by atoms with Crippen LogP contribution in [0.15, 0.2) is 200 Å². The van der Waals surface area contributed by atoms with Crippen molar-refractivity contribution in [1.82, 2.24) is 0 Å². The van der Waals surface area contributed by atoms with Crippen molar-refractivity contribution in [3.8, 4) is 22.3 Å². The summed E-state index contributed by atoms with van der Waals surface area (Å²) in [6.07, 6.45) is 0. The van der Waals surface area contributed by atoms with Crippen molar-refractivity contribution >= 4 is 112 Å². The molecular formula is C54H33NS2. The van der Waals surface area contributed by atoms with Gasteiger partial charge in [-0.2, -0.15) is 0 Å². The van der Waals surface area contributed by atoms with E-state index in [2.05, 4.69) is 205 Å². The lowest BCUT2D eigenvalue weighted by Gasteiger charge is -2.27. The zero-order valence-electron chi connectivity index (χ0n) is 30.8. The van der Waals surface area contributed by atoms with E-state index in [9.17, 15) is 0 Å². The van der Waals surface area contributed by atoms with Crippen molar-refractivity contribution in [3.05, 3.63) is 200 Å². The van der Waals surface area contributed by atoms with E-state index >= 15 is 0 Å². The summed E-state index contributed by atoms with van der Waals surface area (Å²) >= 11 is 3.74. The highest BCUT2D eigenvalue weighted by Crippen LogP contribution is 2.44. The van der Waals surface area contributed by atoms with Crippen LogP contribution >= 0.6 is 22.7 Å². The fraction of sp³-hybridized carbons (Fsp3) is 0. The third-order valence-electron chi connectivity index (χ3n) is 11.7. The summed E-state index contributed by atoms with van der Waals surface area (Å²) in [7, 11) is 0. The largest absolute Gasteiger partial charge is 0.310 e. The third-order valence-corrected chi connectivity index (χ3v) is 14.0. The van der Waals surface area contributed by atoms with Gasteiger partial charge in [-0.1, -0.05) is 140 Å². The molecule has 266 valence electrons. The van der Waals surface area contributed by atoms with E-state index < -0.39 is 0 Å². The summed E-state index contributed by atoms with van der Waals surface area (Å²) in [4.78, 5) is 2.41. The van der Waals surface area contributed by atoms with Gasteiger partial charge in [-0.15, -0.1) is 22.7 Å². The minimum Gasteiger partial charge on any atom is -0.310 e. The highest BCUT2D eigenvalue weighted by molar-refractivity contribution is 7.26. The van der Waals surface area contributed by atoms with Gasteiger partial charge in [-0.3, -0.25) is 0 Å². The third kappa shape index (κ3) is 5.20. The predicted molar refractivity (Wildman–Crippen MR) is 250 cm³/mol. The first-order chi connectivity index (χ1) is 28.2. The van der Waals surface area contributed by atoms with Crippen LogP contribution in [0.25, 0.3) is 94.9 Å². The Labute approximate surface area is 337 Å². The summed E-state index contributed by atoms with van der Waals surface area (Å²) in [6, 6.07) is 74.0. The standard InChI is InChI=1S/C54H33NS2/c1-2-12-43-41(10-1)42-11-3-4-13-44(42)49-33-39(29-30-45(43)49)55(37-25-20-34(21-26-37)36-24-31-53-50(32-36)47-15-6-7-18-51(47)56-53)38-27-22-35(23-28-38)40-16-9-17-48-46-14-5-8-19-52(46)57-54(40)48/h1-33H. The molecule has 57 heavy (non-hydrogen) atoms. The summed E-state index contributed by atoms with van der Waals surface area (Å²) < 4.78 is 5.32. The SMILES string of the molecule is c1ccc2c(c1)sc1ccc(-c3ccc(N(c4ccc(-c5cccc6c5sc5ccccc56)cc4)c4ccc5c6ccccc6c6ccccc6c5c4)cc3)cc12. The van der Waals surface area contributed by atoms with Crippen LogP contribution < -0.4 is 4.90 Å². The van der Waals surface area contributed by atoms with Crippen molar-refractivity contribution < 1.29 is 0 Å². The van der Waals surface area contributed by atoms with E-state index in [0.29, 0.717) is 0 Å². The Hall–Kier alpha value is -6.78. The topological polar surface area (TPSA) is 3.24 Å². The second-order valence-corrected chi connectivity index (χ2v) is 17.0. The summed E-state index contributed by atoms with van der Waals surface area (Å²) in [5.41, 5.74) is 8.29. The molecule has 0 fully saturated rings. The van der Waals surface area contributed by atoms with E-state index in [4.69, 9.17) is 0 Å². The number of hydrogen-bond donors (Lipinski definition) is 0. The Balaban J connectivity index is 1.01. The molecule has 0 unspecified atom stereocenters. The molecule has 0 spiro atoms. The van der Waals surface area contributed by atoms with Gasteiger partial charge in [-0.05, 0) is 115 Å². The molecule has 0 aliphatic carbocycles. The number of nitrogens with zero attached hydrogens (tertiary/aromatic N) is 1. The molecule has 0 saturated carbocycles. The van der Waals surface area contributed by atoms with Gasteiger partial charge in [0.1, 0.15) is 0 Å². The van der Waals surface area contributed by atoms with Crippen LogP contribution in [0, 0.1) is 0 Å². The lowest BCUT2D eigenvalue weighted by atomic mass is 9.94.